The van der Waals surface area contributed by atoms with Crippen LogP contribution in [0.2, 0.25) is 0 Å². The first kappa shape index (κ1) is 18.9. The minimum atomic E-state index is 0.00413. The molecule has 2 aromatic carbocycles. The predicted octanol–water partition coefficient (Wildman–Crippen LogP) is 5.86. The molecule has 29 heavy (non-hydrogen) atoms. The van der Waals surface area contributed by atoms with Crippen LogP contribution in [0.4, 0.5) is 5.69 Å². The van der Waals surface area contributed by atoms with Crippen LogP contribution < -0.4 is 15.3 Å². The molecule has 3 aliphatic rings. The van der Waals surface area contributed by atoms with Crippen LogP contribution in [0.15, 0.2) is 46.5 Å². The van der Waals surface area contributed by atoms with E-state index in [2.05, 4.69) is 111 Å². The predicted molar refractivity (Wildman–Crippen MR) is 129 cm³/mol. The maximum atomic E-state index is 3.99. The summed E-state index contributed by atoms with van der Waals surface area (Å²) in [5.41, 5.74) is 9.82. The lowest BCUT2D eigenvalue weighted by Crippen LogP contribution is -2.29. The van der Waals surface area contributed by atoms with Crippen LogP contribution in [-0.4, -0.2) is 13.1 Å². The average molecular weight is 446 g/mol. The number of halogens is 1. The van der Waals surface area contributed by atoms with E-state index >= 15 is 0 Å². The van der Waals surface area contributed by atoms with Crippen LogP contribution in [-0.2, 0) is 0 Å². The second-order valence-corrected chi connectivity index (χ2v) is 10.2. The molecule has 5 rings (SSSR count). The fourth-order valence-electron chi connectivity index (χ4n) is 5.75. The van der Waals surface area contributed by atoms with Gasteiger partial charge in [0.2, 0.25) is 0 Å². The van der Waals surface area contributed by atoms with Crippen molar-refractivity contribution >= 4 is 44.9 Å². The number of rotatable bonds is 2. The zero-order valence-corrected chi connectivity index (χ0v) is 19.7. The second kappa shape index (κ2) is 6.22. The summed E-state index contributed by atoms with van der Waals surface area (Å²) in [6, 6.07) is 11.7. The van der Waals surface area contributed by atoms with E-state index in [1.54, 1.807) is 0 Å². The summed E-state index contributed by atoms with van der Waals surface area (Å²) in [5.74, 6) is 0.389. The molecule has 1 aliphatic heterocycles. The lowest BCUT2D eigenvalue weighted by molar-refractivity contribution is 0.447. The fourth-order valence-corrected chi connectivity index (χ4v) is 6.60. The Morgan fingerprint density at radius 3 is 2.59 bits per heavy atom. The zero-order chi connectivity index (χ0) is 20.7. The molecule has 148 valence electrons. The van der Waals surface area contributed by atoms with Gasteiger partial charge in [-0.3, -0.25) is 0 Å². The van der Waals surface area contributed by atoms with Gasteiger partial charge in [-0.15, -0.1) is 0 Å². The van der Waals surface area contributed by atoms with Gasteiger partial charge < -0.3 is 4.90 Å². The Balaban J connectivity index is 1.78. The lowest BCUT2D eigenvalue weighted by atomic mass is 9.69. The number of fused-ring (bicyclic) bond motifs is 3. The highest BCUT2D eigenvalue weighted by atomic mass is 79.9. The molecule has 0 saturated carbocycles. The first-order chi connectivity index (χ1) is 13.7. The van der Waals surface area contributed by atoms with Gasteiger partial charge in [-0.05, 0) is 87.5 Å². The third-order valence-corrected chi connectivity index (χ3v) is 8.33. The van der Waals surface area contributed by atoms with Crippen molar-refractivity contribution in [3.8, 4) is 0 Å². The number of hydrogen-bond acceptors (Lipinski definition) is 1. The van der Waals surface area contributed by atoms with Crippen LogP contribution in [0.5, 0.6) is 0 Å². The van der Waals surface area contributed by atoms with Crippen molar-refractivity contribution in [2.24, 2.45) is 5.41 Å². The SMILES string of the molecule is CC1=Cc2c(Br)c3c(cc2=C1C(C)(C)C1C=Cc2ccccc21)N(C)C(C)C=3C. The van der Waals surface area contributed by atoms with Gasteiger partial charge in [0.05, 0.1) is 0 Å². The fraction of sp³-hybridized carbons (Fsp3) is 0.333. The topological polar surface area (TPSA) is 3.24 Å². The molecule has 0 saturated heterocycles. The van der Waals surface area contributed by atoms with Crippen molar-refractivity contribution < 1.29 is 0 Å². The van der Waals surface area contributed by atoms with E-state index in [0.29, 0.717) is 12.0 Å². The molecule has 2 atom stereocenters. The van der Waals surface area contributed by atoms with Crippen LogP contribution in [0.1, 0.15) is 57.2 Å². The summed E-state index contributed by atoms with van der Waals surface area (Å²) >= 11 is 3.99. The Labute approximate surface area is 182 Å². The Morgan fingerprint density at radius 2 is 1.83 bits per heavy atom. The molecular formula is C27H28BrN. The van der Waals surface area contributed by atoms with Crippen LogP contribution in [0.3, 0.4) is 0 Å². The molecule has 0 amide bonds. The van der Waals surface area contributed by atoms with Crippen LogP contribution >= 0.6 is 15.9 Å². The normalized spacial score (nSPS) is 22.2. The molecule has 1 heterocycles. The molecule has 0 bridgehead atoms. The number of anilines is 1. The summed E-state index contributed by atoms with van der Waals surface area (Å²) in [7, 11) is 2.22. The van der Waals surface area contributed by atoms with Gasteiger partial charge in [0.15, 0.2) is 0 Å². The van der Waals surface area contributed by atoms with E-state index in [4.69, 9.17) is 0 Å². The molecule has 1 nitrogen and oxygen atoms in total. The molecule has 2 unspecified atom stereocenters. The van der Waals surface area contributed by atoms with Crippen molar-refractivity contribution in [3.63, 3.8) is 0 Å². The first-order valence-corrected chi connectivity index (χ1v) is 11.3. The Bertz CT molecular complexity index is 1240. The minimum Gasteiger partial charge on any atom is -0.368 e. The number of hydrogen-bond donors (Lipinski definition) is 0. The Kier molecular flexibility index (Phi) is 4.06. The lowest BCUT2D eigenvalue weighted by Gasteiger charge is -2.34. The summed E-state index contributed by atoms with van der Waals surface area (Å²) < 4.78 is 1.26. The summed E-state index contributed by atoms with van der Waals surface area (Å²) in [6.07, 6.45) is 7.08. The molecule has 0 aromatic heterocycles. The van der Waals surface area contributed by atoms with Gasteiger partial charge >= 0.3 is 0 Å². The quantitative estimate of drug-likeness (QED) is 0.559. The molecule has 2 aliphatic carbocycles. The van der Waals surface area contributed by atoms with Crippen molar-refractivity contribution in [2.45, 2.75) is 46.6 Å². The largest absolute Gasteiger partial charge is 0.368 e. The van der Waals surface area contributed by atoms with Gasteiger partial charge in [0.1, 0.15) is 0 Å². The highest BCUT2D eigenvalue weighted by Gasteiger charge is 2.39. The standard InChI is InChI=1S/C27H28BrN/c1-15-13-21-20(14-23-24(26(21)28)16(2)17(3)29(23)6)25(15)27(4,5)22-12-11-18-9-7-8-10-19(18)22/h7-14,17,22H,1-6H3. The summed E-state index contributed by atoms with van der Waals surface area (Å²) in [4.78, 5) is 2.42. The van der Waals surface area contributed by atoms with E-state index < -0.39 is 0 Å². The molecule has 2 aromatic rings. The highest BCUT2D eigenvalue weighted by molar-refractivity contribution is 9.10. The molecule has 2 heteroatoms. The number of allylic oxidation sites excluding steroid dienone is 2. The number of nitrogens with zero attached hydrogens (tertiary/aromatic N) is 1. The van der Waals surface area contributed by atoms with E-state index in [9.17, 15) is 0 Å². The second-order valence-electron chi connectivity index (χ2n) is 9.41. The first-order valence-electron chi connectivity index (χ1n) is 10.5. The van der Waals surface area contributed by atoms with Gasteiger partial charge in [-0.2, -0.15) is 0 Å². The van der Waals surface area contributed by atoms with Crippen molar-refractivity contribution in [3.05, 3.63) is 73.6 Å². The van der Waals surface area contributed by atoms with Crippen LogP contribution in [0.25, 0.3) is 23.3 Å². The molecule has 0 fully saturated rings. The minimum absolute atomic E-state index is 0.00413. The number of benzene rings is 2. The van der Waals surface area contributed by atoms with Gasteiger partial charge in [-0.25, -0.2) is 0 Å². The Hall–Kier alpha value is -2.06. The monoisotopic (exact) mass is 445 g/mol. The van der Waals surface area contributed by atoms with E-state index in [1.165, 1.54) is 54.0 Å². The maximum Gasteiger partial charge on any atom is 0.0478 e. The molecule has 0 N–H and O–H groups in total. The van der Waals surface area contributed by atoms with E-state index in [-0.39, 0.29) is 5.41 Å². The molecule has 0 radical (unpaired) electrons. The smallest absolute Gasteiger partial charge is 0.0478 e. The van der Waals surface area contributed by atoms with Crippen LogP contribution in [0, 0.1) is 5.41 Å². The van der Waals surface area contributed by atoms with Gasteiger partial charge in [-0.1, -0.05) is 50.3 Å². The summed E-state index contributed by atoms with van der Waals surface area (Å²) in [5, 5.41) is 2.78. The van der Waals surface area contributed by atoms with Crippen molar-refractivity contribution in [1.82, 2.24) is 0 Å². The van der Waals surface area contributed by atoms with E-state index in [1.807, 2.05) is 0 Å². The summed E-state index contributed by atoms with van der Waals surface area (Å²) in [6.45, 7) is 11.7. The van der Waals surface area contributed by atoms with Gasteiger partial charge in [0.25, 0.3) is 0 Å². The Morgan fingerprint density at radius 1 is 1.10 bits per heavy atom. The van der Waals surface area contributed by atoms with Gasteiger partial charge in [0, 0.05) is 39.8 Å². The van der Waals surface area contributed by atoms with E-state index in [0.717, 1.165) is 0 Å². The average Bonchev–Trinajstić information content (AvgIpc) is 3.32. The highest BCUT2D eigenvalue weighted by Crippen LogP contribution is 2.50. The third-order valence-electron chi connectivity index (χ3n) is 7.51. The van der Waals surface area contributed by atoms with Crippen molar-refractivity contribution in [2.75, 3.05) is 11.9 Å². The third kappa shape index (κ3) is 2.45. The molecular weight excluding hydrogens is 418 g/mol. The van der Waals surface area contributed by atoms with Crippen molar-refractivity contribution in [1.29, 1.82) is 0 Å². The molecule has 0 spiro atoms. The zero-order valence-electron chi connectivity index (χ0n) is 18.1. The maximum absolute atomic E-state index is 3.99.